The Kier molecular flexibility index (Phi) is 4.19. The van der Waals surface area contributed by atoms with Crippen molar-refractivity contribution in [3.8, 4) is 0 Å². The molecule has 0 spiro atoms. The third kappa shape index (κ3) is 4.52. The zero-order chi connectivity index (χ0) is 11.5. The lowest BCUT2D eigenvalue weighted by molar-refractivity contribution is -0.0193. The summed E-state index contributed by atoms with van der Waals surface area (Å²) in [7, 11) is 0. The molecule has 1 unspecified atom stereocenters. The largest absolute Gasteiger partial charge is 0.389 e. The van der Waals surface area contributed by atoms with Gasteiger partial charge in [0.15, 0.2) is 0 Å². The molecule has 15 heavy (non-hydrogen) atoms. The average Bonchev–Trinajstić information content (AvgIpc) is 2.16. The highest BCUT2D eigenvalue weighted by Crippen LogP contribution is 2.32. The zero-order valence-electron chi connectivity index (χ0n) is 10.8. The molecule has 90 valence electrons. The molecule has 0 amide bonds. The smallest absolute Gasteiger partial charge is 0.0771 e. The van der Waals surface area contributed by atoms with Crippen LogP contribution in [0.3, 0.4) is 0 Å². The highest BCUT2D eigenvalue weighted by molar-refractivity contribution is 4.88. The summed E-state index contributed by atoms with van der Waals surface area (Å²) in [5, 5.41) is 13.8. The van der Waals surface area contributed by atoms with Gasteiger partial charge in [0.25, 0.3) is 0 Å². The van der Waals surface area contributed by atoms with Gasteiger partial charge in [0, 0.05) is 12.1 Å². The first-order valence-corrected chi connectivity index (χ1v) is 6.29. The summed E-state index contributed by atoms with van der Waals surface area (Å²) in [6.07, 6.45) is 6.31. The Bertz CT molecular complexity index is 187. The van der Waals surface area contributed by atoms with Crippen LogP contribution >= 0.6 is 0 Å². The molecule has 2 nitrogen and oxygen atoms in total. The van der Waals surface area contributed by atoms with Crippen LogP contribution in [0, 0.1) is 5.92 Å². The molecule has 1 aliphatic carbocycles. The first kappa shape index (κ1) is 13.0. The Morgan fingerprint density at radius 2 is 1.60 bits per heavy atom. The quantitative estimate of drug-likeness (QED) is 0.755. The first-order valence-electron chi connectivity index (χ1n) is 6.29. The Hall–Kier alpha value is -0.0800. The van der Waals surface area contributed by atoms with Crippen molar-refractivity contribution in [2.45, 2.75) is 70.9 Å². The van der Waals surface area contributed by atoms with Crippen molar-refractivity contribution < 1.29 is 5.11 Å². The molecule has 0 bridgehead atoms. The number of nitrogens with one attached hydrogen (secondary N) is 1. The molecule has 2 heteroatoms. The minimum Gasteiger partial charge on any atom is -0.389 e. The molecule has 1 fully saturated rings. The van der Waals surface area contributed by atoms with Crippen LogP contribution < -0.4 is 5.32 Å². The van der Waals surface area contributed by atoms with Crippen LogP contribution in [0.15, 0.2) is 0 Å². The predicted molar refractivity (Wildman–Crippen MR) is 65.0 cm³/mol. The van der Waals surface area contributed by atoms with Gasteiger partial charge in [-0.05, 0) is 46.5 Å². The molecule has 0 heterocycles. The Labute approximate surface area is 94.5 Å². The van der Waals surface area contributed by atoms with Gasteiger partial charge >= 0.3 is 0 Å². The van der Waals surface area contributed by atoms with Crippen LogP contribution in [0.1, 0.15) is 59.8 Å². The molecule has 1 rings (SSSR count). The van der Waals surface area contributed by atoms with Gasteiger partial charge in [-0.15, -0.1) is 0 Å². The normalized spacial score (nSPS) is 23.8. The maximum atomic E-state index is 10.4. The molecule has 0 radical (unpaired) electrons. The summed E-state index contributed by atoms with van der Waals surface area (Å²) in [6, 6.07) is 0. The fraction of sp³-hybridized carbons (Fsp3) is 1.00. The van der Waals surface area contributed by atoms with Crippen LogP contribution in [0.5, 0.6) is 0 Å². The zero-order valence-corrected chi connectivity index (χ0v) is 10.8. The van der Waals surface area contributed by atoms with Crippen molar-refractivity contribution in [1.29, 1.82) is 0 Å². The first-order chi connectivity index (χ1) is 6.81. The molecule has 0 aromatic rings. The Morgan fingerprint density at radius 3 is 2.07 bits per heavy atom. The lowest BCUT2D eigenvalue weighted by Gasteiger charge is -2.37. The van der Waals surface area contributed by atoms with E-state index in [1.54, 1.807) is 0 Å². The highest BCUT2D eigenvalue weighted by atomic mass is 16.3. The van der Waals surface area contributed by atoms with E-state index >= 15 is 0 Å². The molecular formula is C13H27NO. The van der Waals surface area contributed by atoms with Gasteiger partial charge in [-0.25, -0.2) is 0 Å². The van der Waals surface area contributed by atoms with Crippen molar-refractivity contribution >= 4 is 0 Å². The molecule has 2 N–H and O–H groups in total. The van der Waals surface area contributed by atoms with E-state index < -0.39 is 5.60 Å². The van der Waals surface area contributed by atoms with Crippen LogP contribution in [0.2, 0.25) is 0 Å². The second kappa shape index (κ2) is 4.84. The Morgan fingerprint density at radius 1 is 1.07 bits per heavy atom. The highest BCUT2D eigenvalue weighted by Gasteiger charge is 2.33. The lowest BCUT2D eigenvalue weighted by Crippen LogP contribution is -2.50. The topological polar surface area (TPSA) is 32.3 Å². The SMILES string of the molecule is CC(C)(C)NCC(C)(O)C1CCCCC1. The third-order valence-electron chi connectivity index (χ3n) is 3.46. The van der Waals surface area contributed by atoms with Gasteiger partial charge in [0.2, 0.25) is 0 Å². The molecular weight excluding hydrogens is 186 g/mol. The van der Waals surface area contributed by atoms with Gasteiger partial charge in [0.1, 0.15) is 0 Å². The standard InChI is InChI=1S/C13H27NO/c1-12(2,3)14-10-13(4,15)11-8-6-5-7-9-11/h11,14-15H,5-10H2,1-4H3. The predicted octanol–water partition coefficient (Wildman–Crippen LogP) is 2.71. The molecule has 1 atom stereocenters. The van der Waals surface area contributed by atoms with Crippen LogP contribution in [0.4, 0.5) is 0 Å². The number of β-amino-alcohol motifs (C(OH)–C–C–N with tert-alkyl or cyclic N) is 1. The number of hydrogen-bond acceptors (Lipinski definition) is 2. The van der Waals surface area contributed by atoms with E-state index in [1.165, 1.54) is 32.1 Å². The summed E-state index contributed by atoms with van der Waals surface area (Å²) >= 11 is 0. The van der Waals surface area contributed by atoms with Crippen LogP contribution in [-0.2, 0) is 0 Å². The van der Waals surface area contributed by atoms with Gasteiger partial charge in [-0.3, -0.25) is 0 Å². The van der Waals surface area contributed by atoms with Gasteiger partial charge in [-0.2, -0.15) is 0 Å². The minimum absolute atomic E-state index is 0.0959. The maximum absolute atomic E-state index is 10.4. The molecule has 0 aromatic carbocycles. The molecule has 0 aliphatic heterocycles. The van der Waals surface area contributed by atoms with E-state index in [0.717, 1.165) is 0 Å². The van der Waals surface area contributed by atoms with E-state index in [-0.39, 0.29) is 5.54 Å². The molecule has 1 aliphatic rings. The van der Waals surface area contributed by atoms with Crippen molar-refractivity contribution in [3.63, 3.8) is 0 Å². The van der Waals surface area contributed by atoms with E-state index in [2.05, 4.69) is 26.1 Å². The van der Waals surface area contributed by atoms with Crippen molar-refractivity contribution in [3.05, 3.63) is 0 Å². The molecule has 1 saturated carbocycles. The van der Waals surface area contributed by atoms with E-state index in [1.807, 2.05) is 6.92 Å². The van der Waals surface area contributed by atoms with Gasteiger partial charge < -0.3 is 10.4 Å². The number of rotatable bonds is 3. The van der Waals surface area contributed by atoms with Crippen LogP contribution in [0.25, 0.3) is 0 Å². The lowest BCUT2D eigenvalue weighted by atomic mass is 9.77. The minimum atomic E-state index is -0.534. The van der Waals surface area contributed by atoms with Crippen molar-refractivity contribution in [1.82, 2.24) is 5.32 Å². The monoisotopic (exact) mass is 213 g/mol. The second-order valence-corrected chi connectivity index (χ2v) is 6.30. The fourth-order valence-electron chi connectivity index (χ4n) is 2.31. The van der Waals surface area contributed by atoms with Crippen molar-refractivity contribution in [2.24, 2.45) is 5.92 Å². The van der Waals surface area contributed by atoms with E-state index in [9.17, 15) is 5.11 Å². The second-order valence-electron chi connectivity index (χ2n) is 6.30. The third-order valence-corrected chi connectivity index (χ3v) is 3.46. The maximum Gasteiger partial charge on any atom is 0.0771 e. The molecule has 0 saturated heterocycles. The average molecular weight is 213 g/mol. The Balaban J connectivity index is 2.42. The fourth-order valence-corrected chi connectivity index (χ4v) is 2.31. The number of hydrogen-bond donors (Lipinski definition) is 2. The summed E-state index contributed by atoms with van der Waals surface area (Å²) < 4.78 is 0. The summed E-state index contributed by atoms with van der Waals surface area (Å²) in [6.45, 7) is 9.13. The van der Waals surface area contributed by atoms with Crippen molar-refractivity contribution in [2.75, 3.05) is 6.54 Å². The van der Waals surface area contributed by atoms with E-state index in [0.29, 0.717) is 12.5 Å². The molecule has 0 aromatic heterocycles. The van der Waals surface area contributed by atoms with E-state index in [4.69, 9.17) is 0 Å². The van der Waals surface area contributed by atoms with Gasteiger partial charge in [-0.1, -0.05) is 19.3 Å². The summed E-state index contributed by atoms with van der Waals surface area (Å²) in [4.78, 5) is 0. The summed E-state index contributed by atoms with van der Waals surface area (Å²) in [5.74, 6) is 0.487. The van der Waals surface area contributed by atoms with Gasteiger partial charge in [0.05, 0.1) is 5.60 Å². The number of aliphatic hydroxyl groups is 1. The van der Waals surface area contributed by atoms with Crippen LogP contribution in [-0.4, -0.2) is 22.8 Å². The summed E-state index contributed by atoms with van der Waals surface area (Å²) in [5.41, 5.74) is -0.438.